The lowest BCUT2D eigenvalue weighted by molar-refractivity contribution is 0.113. The van der Waals surface area contributed by atoms with E-state index in [0.717, 1.165) is 6.42 Å². The molecular formula is C8H14ClN3O3S. The van der Waals surface area contributed by atoms with Crippen LogP contribution in [0.25, 0.3) is 0 Å². The van der Waals surface area contributed by atoms with Crippen molar-refractivity contribution in [1.82, 2.24) is 14.8 Å². The number of aromatic nitrogens is 3. The molecule has 6 nitrogen and oxygen atoms in total. The Morgan fingerprint density at radius 1 is 1.38 bits per heavy atom. The first kappa shape index (κ1) is 13.4. The Morgan fingerprint density at radius 2 is 2.06 bits per heavy atom. The van der Waals surface area contributed by atoms with Gasteiger partial charge in [0.15, 0.2) is 5.82 Å². The van der Waals surface area contributed by atoms with Crippen LogP contribution in [0.3, 0.4) is 0 Å². The van der Waals surface area contributed by atoms with Crippen LogP contribution in [0.15, 0.2) is 5.16 Å². The largest absolute Gasteiger partial charge is 0.373 e. The molecule has 1 aromatic rings. The van der Waals surface area contributed by atoms with Crippen molar-refractivity contribution in [2.45, 2.75) is 38.6 Å². The molecule has 0 atom stereocenters. The molecule has 1 aromatic heterocycles. The van der Waals surface area contributed by atoms with E-state index in [1.54, 1.807) is 6.92 Å². The molecule has 8 heteroatoms. The summed E-state index contributed by atoms with van der Waals surface area (Å²) in [6.45, 7) is 5.04. The number of ether oxygens (including phenoxy) is 1. The fraction of sp³-hybridized carbons (Fsp3) is 0.750. The molecule has 0 aliphatic heterocycles. The van der Waals surface area contributed by atoms with Crippen LogP contribution in [0.1, 0.15) is 26.1 Å². The molecular weight excluding hydrogens is 254 g/mol. The first-order chi connectivity index (χ1) is 7.50. The molecule has 0 fully saturated rings. The van der Waals surface area contributed by atoms with Crippen molar-refractivity contribution in [3.63, 3.8) is 0 Å². The summed E-state index contributed by atoms with van der Waals surface area (Å²) >= 11 is 0. The second kappa shape index (κ2) is 5.60. The smallest absolute Gasteiger partial charge is 0.296 e. The van der Waals surface area contributed by atoms with Crippen molar-refractivity contribution in [1.29, 1.82) is 0 Å². The summed E-state index contributed by atoms with van der Waals surface area (Å²) in [5.74, 6) is 0.468. The third-order valence-corrected chi connectivity index (χ3v) is 3.06. The number of hydrogen-bond acceptors (Lipinski definition) is 5. The Kier molecular flexibility index (Phi) is 4.69. The van der Waals surface area contributed by atoms with E-state index >= 15 is 0 Å². The van der Waals surface area contributed by atoms with E-state index in [2.05, 4.69) is 10.2 Å². The Morgan fingerprint density at radius 3 is 2.56 bits per heavy atom. The summed E-state index contributed by atoms with van der Waals surface area (Å²) in [5, 5.41) is 7.07. The standard InChI is InChI=1S/C8H14ClN3O3S/c1-3-5-15-6-7-10-11-8(12(7)4-2)16(9,13)14/h3-6H2,1-2H3. The van der Waals surface area contributed by atoms with Gasteiger partial charge < -0.3 is 4.74 Å². The van der Waals surface area contributed by atoms with Gasteiger partial charge in [-0.1, -0.05) is 6.92 Å². The van der Waals surface area contributed by atoms with Crippen LogP contribution in [0.4, 0.5) is 0 Å². The van der Waals surface area contributed by atoms with Crippen molar-refractivity contribution in [2.75, 3.05) is 6.61 Å². The maximum Gasteiger partial charge on any atom is 0.296 e. The van der Waals surface area contributed by atoms with E-state index in [9.17, 15) is 8.42 Å². The highest BCUT2D eigenvalue weighted by molar-refractivity contribution is 8.13. The van der Waals surface area contributed by atoms with Crippen LogP contribution in [0.2, 0.25) is 0 Å². The van der Waals surface area contributed by atoms with Crippen molar-refractivity contribution in [3.8, 4) is 0 Å². The maximum atomic E-state index is 11.2. The van der Waals surface area contributed by atoms with Gasteiger partial charge in [0.2, 0.25) is 0 Å². The van der Waals surface area contributed by atoms with Crippen molar-refractivity contribution < 1.29 is 13.2 Å². The van der Waals surface area contributed by atoms with Crippen LogP contribution < -0.4 is 0 Å². The predicted molar refractivity (Wildman–Crippen MR) is 58.7 cm³/mol. The maximum absolute atomic E-state index is 11.2. The molecule has 0 unspecified atom stereocenters. The number of rotatable bonds is 6. The fourth-order valence-corrected chi connectivity index (χ4v) is 2.21. The van der Waals surface area contributed by atoms with E-state index in [-0.39, 0.29) is 11.8 Å². The molecule has 0 aliphatic carbocycles. The summed E-state index contributed by atoms with van der Waals surface area (Å²) in [4.78, 5) is 0. The van der Waals surface area contributed by atoms with Gasteiger partial charge in [-0.25, -0.2) is 8.42 Å². The number of halogens is 1. The van der Waals surface area contributed by atoms with E-state index < -0.39 is 9.05 Å². The lowest BCUT2D eigenvalue weighted by atomic mass is 10.5. The molecule has 92 valence electrons. The molecule has 0 aliphatic rings. The summed E-state index contributed by atoms with van der Waals surface area (Å²) in [6, 6.07) is 0. The fourth-order valence-electron chi connectivity index (χ4n) is 1.23. The molecule has 0 bridgehead atoms. The van der Waals surface area contributed by atoms with Crippen molar-refractivity contribution in [2.24, 2.45) is 0 Å². The average molecular weight is 268 g/mol. The van der Waals surface area contributed by atoms with Crippen molar-refractivity contribution >= 4 is 19.7 Å². The zero-order valence-corrected chi connectivity index (χ0v) is 10.8. The van der Waals surface area contributed by atoms with Gasteiger partial charge in [0.1, 0.15) is 6.61 Å². The minimum Gasteiger partial charge on any atom is -0.373 e. The Bertz CT molecular complexity index is 443. The molecule has 0 radical (unpaired) electrons. The Hall–Kier alpha value is -0.660. The van der Waals surface area contributed by atoms with Crippen LogP contribution in [0.5, 0.6) is 0 Å². The molecule has 0 saturated carbocycles. The highest BCUT2D eigenvalue weighted by atomic mass is 35.7. The molecule has 0 saturated heterocycles. The molecule has 0 amide bonds. The molecule has 1 rings (SSSR count). The van der Waals surface area contributed by atoms with Crippen LogP contribution >= 0.6 is 10.7 Å². The summed E-state index contributed by atoms with van der Waals surface area (Å²) in [5.41, 5.74) is 0. The van der Waals surface area contributed by atoms with Gasteiger partial charge in [0.25, 0.3) is 14.2 Å². The molecule has 16 heavy (non-hydrogen) atoms. The molecule has 0 spiro atoms. The van der Waals surface area contributed by atoms with Gasteiger partial charge in [0.05, 0.1) is 0 Å². The van der Waals surface area contributed by atoms with E-state index in [1.807, 2.05) is 6.92 Å². The SMILES string of the molecule is CCCOCc1nnc(S(=O)(=O)Cl)n1CC. The van der Waals surface area contributed by atoms with Gasteiger partial charge in [-0.3, -0.25) is 4.57 Å². The van der Waals surface area contributed by atoms with Gasteiger partial charge in [-0.15, -0.1) is 10.2 Å². The van der Waals surface area contributed by atoms with Crippen LogP contribution in [0, 0.1) is 0 Å². The number of nitrogens with zero attached hydrogens (tertiary/aromatic N) is 3. The van der Waals surface area contributed by atoms with Crippen molar-refractivity contribution in [3.05, 3.63) is 5.82 Å². The highest BCUT2D eigenvalue weighted by Gasteiger charge is 2.21. The topological polar surface area (TPSA) is 74.1 Å². The quantitative estimate of drug-likeness (QED) is 0.571. The monoisotopic (exact) mass is 267 g/mol. The average Bonchev–Trinajstić information content (AvgIpc) is 2.60. The highest BCUT2D eigenvalue weighted by Crippen LogP contribution is 2.14. The predicted octanol–water partition coefficient (Wildman–Crippen LogP) is 1.15. The number of hydrogen-bond donors (Lipinski definition) is 0. The first-order valence-electron chi connectivity index (χ1n) is 4.95. The minimum absolute atomic E-state index is 0.230. The Balaban J connectivity index is 2.91. The third-order valence-electron chi connectivity index (χ3n) is 1.91. The minimum atomic E-state index is -3.85. The summed E-state index contributed by atoms with van der Waals surface area (Å²) in [7, 11) is 1.38. The van der Waals surface area contributed by atoms with Crippen LogP contribution in [-0.2, 0) is 26.9 Å². The van der Waals surface area contributed by atoms with Gasteiger partial charge in [0, 0.05) is 23.8 Å². The van der Waals surface area contributed by atoms with E-state index in [1.165, 1.54) is 4.57 Å². The third kappa shape index (κ3) is 3.16. The van der Waals surface area contributed by atoms with E-state index in [0.29, 0.717) is 19.0 Å². The summed E-state index contributed by atoms with van der Waals surface area (Å²) in [6.07, 6.45) is 0.890. The van der Waals surface area contributed by atoms with Gasteiger partial charge in [-0.2, -0.15) is 0 Å². The molecule has 0 aromatic carbocycles. The second-order valence-electron chi connectivity index (χ2n) is 3.13. The van der Waals surface area contributed by atoms with Gasteiger partial charge in [-0.05, 0) is 13.3 Å². The van der Waals surface area contributed by atoms with E-state index in [4.69, 9.17) is 15.4 Å². The first-order valence-corrected chi connectivity index (χ1v) is 7.26. The zero-order valence-electron chi connectivity index (χ0n) is 9.18. The molecule has 1 heterocycles. The lowest BCUT2D eigenvalue weighted by Gasteiger charge is -2.05. The Labute approximate surface area is 99.0 Å². The van der Waals surface area contributed by atoms with Gasteiger partial charge >= 0.3 is 0 Å². The molecule has 0 N–H and O–H groups in total. The second-order valence-corrected chi connectivity index (χ2v) is 5.59. The summed E-state index contributed by atoms with van der Waals surface area (Å²) < 4.78 is 29.0. The zero-order chi connectivity index (χ0) is 12.2. The lowest BCUT2D eigenvalue weighted by Crippen LogP contribution is -2.09. The van der Waals surface area contributed by atoms with Crippen LogP contribution in [-0.4, -0.2) is 29.8 Å². The normalized spacial score (nSPS) is 11.9.